The Bertz CT molecular complexity index is 358. The third-order valence-corrected chi connectivity index (χ3v) is 1.85. The second-order valence-corrected chi connectivity index (χ2v) is 2.80. The summed E-state index contributed by atoms with van der Waals surface area (Å²) in [6, 6.07) is 7.12. The smallest absolute Gasteiger partial charge is 0.117 e. The minimum atomic E-state index is 0.278. The van der Waals surface area contributed by atoms with Gasteiger partial charge in [-0.05, 0) is 18.2 Å². The summed E-state index contributed by atoms with van der Waals surface area (Å²) in [4.78, 5) is 6.06. The van der Waals surface area contributed by atoms with Crippen molar-refractivity contribution in [1.82, 2.24) is 0 Å². The van der Waals surface area contributed by atoms with Gasteiger partial charge >= 0.3 is 0 Å². The Hall–Kier alpha value is -1.77. The van der Waals surface area contributed by atoms with Crippen molar-refractivity contribution >= 4 is 11.9 Å². The van der Waals surface area contributed by atoms with E-state index in [0.717, 1.165) is 5.69 Å². The molecule has 0 aliphatic carbocycles. The van der Waals surface area contributed by atoms with E-state index in [-0.39, 0.29) is 5.75 Å². The maximum atomic E-state index is 9.25. The molecule has 66 valence electrons. The molecule has 1 aliphatic rings. The van der Waals surface area contributed by atoms with Crippen LogP contribution in [0.15, 0.2) is 41.5 Å². The molecule has 3 heteroatoms. The predicted octanol–water partition coefficient (Wildman–Crippen LogP) is 1.75. The van der Waals surface area contributed by atoms with Crippen LogP contribution in [-0.2, 0) is 0 Å². The summed E-state index contributed by atoms with van der Waals surface area (Å²) in [7, 11) is 0. The van der Waals surface area contributed by atoms with Crippen molar-refractivity contribution in [2.45, 2.75) is 0 Å². The molecule has 0 fully saturated rings. The number of benzene rings is 1. The van der Waals surface area contributed by atoms with Crippen LogP contribution in [0.2, 0.25) is 0 Å². The fourth-order valence-corrected chi connectivity index (χ4v) is 1.22. The lowest BCUT2D eigenvalue weighted by atomic mass is 10.3. The SMILES string of the molecule is Oc1cccc(N2C=CC=NC2)c1. The van der Waals surface area contributed by atoms with Gasteiger partial charge in [0, 0.05) is 24.2 Å². The molecule has 1 aliphatic heterocycles. The molecule has 1 N–H and O–H groups in total. The summed E-state index contributed by atoms with van der Waals surface area (Å²) in [5, 5.41) is 9.25. The van der Waals surface area contributed by atoms with E-state index >= 15 is 0 Å². The van der Waals surface area contributed by atoms with Crippen molar-refractivity contribution < 1.29 is 5.11 Å². The first-order valence-electron chi connectivity index (χ1n) is 4.08. The molecule has 0 amide bonds. The molecule has 2 rings (SSSR count). The van der Waals surface area contributed by atoms with Gasteiger partial charge in [-0.1, -0.05) is 6.07 Å². The van der Waals surface area contributed by atoms with Gasteiger partial charge in [0.1, 0.15) is 12.4 Å². The Labute approximate surface area is 76.6 Å². The van der Waals surface area contributed by atoms with Crippen LogP contribution in [-0.4, -0.2) is 18.0 Å². The largest absolute Gasteiger partial charge is 0.508 e. The van der Waals surface area contributed by atoms with Crippen molar-refractivity contribution in [3.8, 4) is 5.75 Å². The molecule has 1 aromatic carbocycles. The van der Waals surface area contributed by atoms with Crippen molar-refractivity contribution in [2.24, 2.45) is 4.99 Å². The molecule has 1 heterocycles. The number of phenols is 1. The zero-order valence-electron chi connectivity index (χ0n) is 7.09. The van der Waals surface area contributed by atoms with Gasteiger partial charge in [-0.25, -0.2) is 0 Å². The number of aromatic hydroxyl groups is 1. The Morgan fingerprint density at radius 1 is 1.38 bits per heavy atom. The van der Waals surface area contributed by atoms with Gasteiger partial charge in [0.15, 0.2) is 0 Å². The number of phenolic OH excluding ortho intramolecular Hbond substituents is 1. The fraction of sp³-hybridized carbons (Fsp3) is 0.100. The van der Waals surface area contributed by atoms with E-state index < -0.39 is 0 Å². The molecule has 0 saturated heterocycles. The monoisotopic (exact) mass is 174 g/mol. The number of allylic oxidation sites excluding steroid dienone is 1. The number of rotatable bonds is 1. The van der Waals surface area contributed by atoms with E-state index in [1.54, 1.807) is 18.3 Å². The van der Waals surface area contributed by atoms with E-state index in [4.69, 9.17) is 0 Å². The highest BCUT2D eigenvalue weighted by molar-refractivity contribution is 5.74. The van der Waals surface area contributed by atoms with Crippen LogP contribution in [0, 0.1) is 0 Å². The number of aliphatic imine (C=N–C) groups is 1. The molecular formula is C10H10N2O. The third kappa shape index (κ3) is 1.69. The lowest BCUT2D eigenvalue weighted by molar-refractivity contribution is 0.475. The molecule has 0 atom stereocenters. The van der Waals surface area contributed by atoms with E-state index in [0.29, 0.717) is 6.67 Å². The first-order valence-corrected chi connectivity index (χ1v) is 4.08. The maximum Gasteiger partial charge on any atom is 0.117 e. The van der Waals surface area contributed by atoms with Gasteiger partial charge in [-0.3, -0.25) is 4.99 Å². The van der Waals surface area contributed by atoms with Crippen LogP contribution < -0.4 is 4.90 Å². The maximum absolute atomic E-state index is 9.25. The van der Waals surface area contributed by atoms with Crippen molar-refractivity contribution in [3.05, 3.63) is 36.5 Å². The van der Waals surface area contributed by atoms with Crippen molar-refractivity contribution in [1.29, 1.82) is 0 Å². The van der Waals surface area contributed by atoms with Gasteiger partial charge < -0.3 is 10.0 Å². The number of hydrogen-bond donors (Lipinski definition) is 1. The molecule has 1 aromatic rings. The summed E-state index contributed by atoms with van der Waals surface area (Å²) < 4.78 is 0. The molecule has 0 radical (unpaired) electrons. The van der Waals surface area contributed by atoms with E-state index in [2.05, 4.69) is 4.99 Å². The van der Waals surface area contributed by atoms with Gasteiger partial charge in [-0.15, -0.1) is 0 Å². The quantitative estimate of drug-likeness (QED) is 0.704. The standard InChI is InChI=1S/C10H10N2O/c13-10-4-1-3-9(7-10)12-6-2-5-11-8-12/h1-7,13H,8H2. The minimum Gasteiger partial charge on any atom is -0.508 e. The summed E-state index contributed by atoms with van der Waals surface area (Å²) in [5.41, 5.74) is 0.952. The average molecular weight is 174 g/mol. The highest BCUT2D eigenvalue weighted by atomic mass is 16.3. The van der Waals surface area contributed by atoms with Crippen molar-refractivity contribution in [3.63, 3.8) is 0 Å². The summed E-state index contributed by atoms with van der Waals surface area (Å²) >= 11 is 0. The Kier molecular flexibility index (Phi) is 2.00. The summed E-state index contributed by atoms with van der Waals surface area (Å²) in [6.07, 6.45) is 5.56. The third-order valence-electron chi connectivity index (χ3n) is 1.85. The number of nitrogens with zero attached hydrogens (tertiary/aromatic N) is 2. The molecule has 0 aromatic heterocycles. The zero-order chi connectivity index (χ0) is 9.10. The van der Waals surface area contributed by atoms with Gasteiger partial charge in [0.25, 0.3) is 0 Å². The second-order valence-electron chi connectivity index (χ2n) is 2.80. The van der Waals surface area contributed by atoms with E-state index in [1.165, 1.54) is 0 Å². The first-order chi connectivity index (χ1) is 6.36. The van der Waals surface area contributed by atoms with E-state index in [9.17, 15) is 5.11 Å². The Morgan fingerprint density at radius 2 is 2.31 bits per heavy atom. The molecule has 0 spiro atoms. The Morgan fingerprint density at radius 3 is 3.00 bits per heavy atom. The number of anilines is 1. The molecule has 0 bridgehead atoms. The fourth-order valence-electron chi connectivity index (χ4n) is 1.22. The predicted molar refractivity (Wildman–Crippen MR) is 53.1 cm³/mol. The van der Waals surface area contributed by atoms with Crippen LogP contribution in [0.25, 0.3) is 0 Å². The molecule has 0 saturated carbocycles. The molecule has 13 heavy (non-hydrogen) atoms. The minimum absolute atomic E-state index is 0.278. The highest BCUT2D eigenvalue weighted by Crippen LogP contribution is 2.20. The van der Waals surface area contributed by atoms with E-state index in [1.807, 2.05) is 29.3 Å². The second kappa shape index (κ2) is 3.31. The van der Waals surface area contributed by atoms with Crippen LogP contribution >= 0.6 is 0 Å². The van der Waals surface area contributed by atoms with Gasteiger partial charge in [0.2, 0.25) is 0 Å². The zero-order valence-corrected chi connectivity index (χ0v) is 7.09. The lowest BCUT2D eigenvalue weighted by Crippen LogP contribution is -2.17. The number of hydrogen-bond acceptors (Lipinski definition) is 3. The normalized spacial score (nSPS) is 14.9. The Balaban J connectivity index is 2.25. The summed E-state index contributed by atoms with van der Waals surface area (Å²) in [6.45, 7) is 0.611. The highest BCUT2D eigenvalue weighted by Gasteiger charge is 2.03. The lowest BCUT2D eigenvalue weighted by Gasteiger charge is -2.19. The molecular weight excluding hydrogens is 164 g/mol. The topological polar surface area (TPSA) is 35.8 Å². The van der Waals surface area contributed by atoms with Crippen LogP contribution in [0.1, 0.15) is 0 Å². The van der Waals surface area contributed by atoms with Crippen LogP contribution in [0.3, 0.4) is 0 Å². The van der Waals surface area contributed by atoms with Gasteiger partial charge in [0.05, 0.1) is 0 Å². The molecule has 0 unspecified atom stereocenters. The summed E-state index contributed by atoms with van der Waals surface area (Å²) in [5.74, 6) is 0.278. The average Bonchev–Trinajstić information content (AvgIpc) is 2.19. The first kappa shape index (κ1) is 7.86. The van der Waals surface area contributed by atoms with Gasteiger partial charge in [-0.2, -0.15) is 0 Å². The van der Waals surface area contributed by atoms with Crippen LogP contribution in [0.5, 0.6) is 5.75 Å². The molecule has 3 nitrogen and oxygen atoms in total. The van der Waals surface area contributed by atoms with Crippen LogP contribution in [0.4, 0.5) is 5.69 Å². The van der Waals surface area contributed by atoms with Crippen molar-refractivity contribution in [2.75, 3.05) is 11.6 Å².